The number of nitrogens with zero attached hydrogens (tertiary/aromatic N) is 2. The summed E-state index contributed by atoms with van der Waals surface area (Å²) in [6, 6.07) is 4.89. The lowest BCUT2D eigenvalue weighted by Crippen LogP contribution is -2.48. The first-order valence-corrected chi connectivity index (χ1v) is 8.03. The quantitative estimate of drug-likeness (QED) is 0.851. The average Bonchev–Trinajstić information content (AvgIpc) is 2.39. The molecule has 1 aliphatic rings. The highest BCUT2D eigenvalue weighted by atomic mass is 35.5. The molecule has 0 bridgehead atoms. The topological polar surface area (TPSA) is 40.6 Å². The van der Waals surface area contributed by atoms with E-state index in [1.807, 2.05) is 4.90 Å². The molecule has 1 heterocycles. The molecule has 0 aromatic heterocycles. The third-order valence-electron chi connectivity index (χ3n) is 3.18. The van der Waals surface area contributed by atoms with Crippen LogP contribution in [0.25, 0.3) is 0 Å². The van der Waals surface area contributed by atoms with Crippen LogP contribution in [0, 0.1) is 5.82 Å². The number of rotatable bonds is 4. The minimum Gasteiger partial charge on any atom is -0.296 e. The maximum absolute atomic E-state index is 12.9. The van der Waals surface area contributed by atoms with Gasteiger partial charge >= 0.3 is 0 Å². The molecule has 0 radical (unpaired) electrons. The average molecular weight is 319 g/mol. The Morgan fingerprint density at radius 1 is 1.20 bits per heavy atom. The van der Waals surface area contributed by atoms with Crippen molar-refractivity contribution in [2.24, 2.45) is 0 Å². The molecule has 0 amide bonds. The Morgan fingerprint density at radius 2 is 1.75 bits per heavy atom. The van der Waals surface area contributed by atoms with Crippen molar-refractivity contribution in [2.75, 3.05) is 32.7 Å². The van der Waals surface area contributed by atoms with Crippen LogP contribution in [-0.2, 0) is 10.0 Å². The number of halogens is 2. The summed E-state index contributed by atoms with van der Waals surface area (Å²) < 4.78 is 39.0. The minimum atomic E-state index is -3.55. The summed E-state index contributed by atoms with van der Waals surface area (Å²) in [6.45, 7) is 6.18. The Labute approximate surface area is 123 Å². The summed E-state index contributed by atoms with van der Waals surface area (Å²) in [5, 5.41) is 0.542. The molecular formula is C13H16ClFN2O2S. The van der Waals surface area contributed by atoms with Crippen molar-refractivity contribution in [1.82, 2.24) is 9.21 Å². The standard InChI is InChI=1S/C13H16ClFN2O2S/c1-11(14)10-16-6-8-17(9-7-16)20(18,19)13-4-2-12(15)3-5-13/h2-5H,1,6-10H2. The number of benzene rings is 1. The monoisotopic (exact) mass is 318 g/mol. The molecule has 110 valence electrons. The molecule has 1 aliphatic heterocycles. The molecular weight excluding hydrogens is 303 g/mol. The third kappa shape index (κ3) is 3.58. The number of hydrogen-bond acceptors (Lipinski definition) is 3. The lowest BCUT2D eigenvalue weighted by molar-refractivity contribution is 0.203. The Hall–Kier alpha value is -0.950. The van der Waals surface area contributed by atoms with E-state index in [1.165, 1.54) is 16.4 Å². The highest BCUT2D eigenvalue weighted by Crippen LogP contribution is 2.18. The van der Waals surface area contributed by atoms with Crippen LogP contribution in [-0.4, -0.2) is 50.3 Å². The van der Waals surface area contributed by atoms with Crippen molar-refractivity contribution in [3.63, 3.8) is 0 Å². The summed E-state index contributed by atoms with van der Waals surface area (Å²) in [7, 11) is -3.55. The van der Waals surface area contributed by atoms with Crippen LogP contribution in [0.1, 0.15) is 0 Å². The summed E-state index contributed by atoms with van der Waals surface area (Å²) >= 11 is 5.74. The van der Waals surface area contributed by atoms with Crippen LogP contribution < -0.4 is 0 Å². The predicted octanol–water partition coefficient (Wildman–Crippen LogP) is 1.88. The van der Waals surface area contributed by atoms with Gasteiger partial charge in [-0.15, -0.1) is 0 Å². The van der Waals surface area contributed by atoms with Gasteiger partial charge in [0.15, 0.2) is 0 Å². The number of hydrogen-bond donors (Lipinski definition) is 0. The van der Waals surface area contributed by atoms with Crippen molar-refractivity contribution >= 4 is 21.6 Å². The van der Waals surface area contributed by atoms with Crippen molar-refractivity contribution in [3.05, 3.63) is 41.7 Å². The zero-order chi connectivity index (χ0) is 14.8. The van der Waals surface area contributed by atoms with E-state index in [2.05, 4.69) is 6.58 Å². The highest BCUT2D eigenvalue weighted by molar-refractivity contribution is 7.89. The molecule has 1 aromatic rings. The third-order valence-corrected chi connectivity index (χ3v) is 5.21. The molecule has 0 aliphatic carbocycles. The molecule has 2 rings (SSSR count). The zero-order valence-electron chi connectivity index (χ0n) is 10.9. The Kier molecular flexibility index (Phi) is 4.80. The summed E-state index contributed by atoms with van der Waals surface area (Å²) in [5.74, 6) is -0.450. The van der Waals surface area contributed by atoms with Crippen molar-refractivity contribution in [3.8, 4) is 0 Å². The van der Waals surface area contributed by atoms with Crippen molar-refractivity contribution in [2.45, 2.75) is 4.90 Å². The summed E-state index contributed by atoms with van der Waals surface area (Å²) in [4.78, 5) is 2.17. The van der Waals surface area contributed by atoms with Gasteiger partial charge in [-0.25, -0.2) is 12.8 Å². The molecule has 0 unspecified atom stereocenters. The van der Waals surface area contributed by atoms with Crippen LogP contribution in [0.4, 0.5) is 4.39 Å². The largest absolute Gasteiger partial charge is 0.296 e. The maximum Gasteiger partial charge on any atom is 0.243 e. The Morgan fingerprint density at radius 3 is 2.25 bits per heavy atom. The second-order valence-electron chi connectivity index (χ2n) is 4.65. The number of sulfonamides is 1. The van der Waals surface area contributed by atoms with Crippen LogP contribution >= 0.6 is 11.6 Å². The first kappa shape index (κ1) is 15.4. The van der Waals surface area contributed by atoms with E-state index in [1.54, 1.807) is 0 Å². The Balaban J connectivity index is 2.05. The summed E-state index contributed by atoms with van der Waals surface area (Å²) in [5.41, 5.74) is 0. The van der Waals surface area contributed by atoms with Crippen LogP contribution in [0.3, 0.4) is 0 Å². The van der Waals surface area contributed by atoms with Crippen LogP contribution in [0.5, 0.6) is 0 Å². The van der Waals surface area contributed by atoms with Crippen LogP contribution in [0.15, 0.2) is 40.8 Å². The van der Waals surface area contributed by atoms with Crippen molar-refractivity contribution in [1.29, 1.82) is 0 Å². The maximum atomic E-state index is 12.9. The van der Waals surface area contributed by atoms with Gasteiger partial charge in [0.2, 0.25) is 10.0 Å². The molecule has 0 N–H and O–H groups in total. The van der Waals surface area contributed by atoms with Gasteiger partial charge in [-0.3, -0.25) is 4.90 Å². The second-order valence-corrected chi connectivity index (χ2v) is 7.12. The minimum absolute atomic E-state index is 0.120. The fourth-order valence-corrected chi connectivity index (χ4v) is 3.72. The molecule has 20 heavy (non-hydrogen) atoms. The molecule has 1 saturated heterocycles. The SMILES string of the molecule is C=C(Cl)CN1CCN(S(=O)(=O)c2ccc(F)cc2)CC1. The van der Waals surface area contributed by atoms with Gasteiger partial charge in [0.1, 0.15) is 5.82 Å². The van der Waals surface area contributed by atoms with Gasteiger partial charge in [0, 0.05) is 37.8 Å². The normalized spacial score (nSPS) is 18.1. The number of piperazine rings is 1. The fraction of sp³-hybridized carbons (Fsp3) is 0.385. The van der Waals surface area contributed by atoms with Gasteiger partial charge in [-0.2, -0.15) is 4.31 Å². The summed E-state index contributed by atoms with van der Waals surface area (Å²) in [6.07, 6.45) is 0. The van der Waals surface area contributed by atoms with E-state index in [4.69, 9.17) is 11.6 Å². The van der Waals surface area contributed by atoms with E-state index >= 15 is 0 Å². The first-order chi connectivity index (χ1) is 9.39. The highest BCUT2D eigenvalue weighted by Gasteiger charge is 2.28. The zero-order valence-corrected chi connectivity index (χ0v) is 12.5. The lowest BCUT2D eigenvalue weighted by Gasteiger charge is -2.33. The smallest absolute Gasteiger partial charge is 0.243 e. The van der Waals surface area contributed by atoms with Gasteiger partial charge in [-0.1, -0.05) is 18.2 Å². The van der Waals surface area contributed by atoms with E-state index < -0.39 is 15.8 Å². The molecule has 0 saturated carbocycles. The molecule has 1 aromatic carbocycles. The van der Waals surface area contributed by atoms with Crippen molar-refractivity contribution < 1.29 is 12.8 Å². The molecule has 7 heteroatoms. The van der Waals surface area contributed by atoms with Gasteiger partial charge < -0.3 is 0 Å². The molecule has 0 atom stereocenters. The van der Waals surface area contributed by atoms with E-state index in [0.717, 1.165) is 12.1 Å². The molecule has 4 nitrogen and oxygen atoms in total. The fourth-order valence-electron chi connectivity index (χ4n) is 2.13. The lowest BCUT2D eigenvalue weighted by atomic mass is 10.3. The Bertz CT molecular complexity index is 581. The van der Waals surface area contributed by atoms with Gasteiger partial charge in [-0.05, 0) is 24.3 Å². The predicted molar refractivity (Wildman–Crippen MR) is 76.6 cm³/mol. The van der Waals surface area contributed by atoms with Gasteiger partial charge in [0.25, 0.3) is 0 Å². The van der Waals surface area contributed by atoms with E-state index in [-0.39, 0.29) is 4.90 Å². The van der Waals surface area contributed by atoms with Crippen LogP contribution in [0.2, 0.25) is 0 Å². The van der Waals surface area contributed by atoms with E-state index in [0.29, 0.717) is 37.8 Å². The van der Waals surface area contributed by atoms with Gasteiger partial charge in [0.05, 0.1) is 4.90 Å². The second kappa shape index (κ2) is 6.22. The molecule has 0 spiro atoms. The first-order valence-electron chi connectivity index (χ1n) is 6.21. The van der Waals surface area contributed by atoms with E-state index in [9.17, 15) is 12.8 Å². The molecule has 1 fully saturated rings.